The molecular weight excluding hydrogens is 480 g/mol. The van der Waals surface area contributed by atoms with Crippen molar-refractivity contribution in [1.29, 1.82) is 0 Å². The van der Waals surface area contributed by atoms with E-state index >= 15 is 0 Å². The van der Waals surface area contributed by atoms with Crippen molar-refractivity contribution in [3.05, 3.63) is 108 Å². The molecular formula is C28H24O9. The van der Waals surface area contributed by atoms with Gasteiger partial charge in [-0.3, -0.25) is 9.59 Å². The van der Waals surface area contributed by atoms with Crippen molar-refractivity contribution in [2.75, 3.05) is 6.61 Å². The fourth-order valence-electron chi connectivity index (χ4n) is 3.31. The highest BCUT2D eigenvalue weighted by molar-refractivity contribution is 6.38. The maximum absolute atomic E-state index is 12.9. The van der Waals surface area contributed by atoms with E-state index in [1.807, 2.05) is 0 Å². The van der Waals surface area contributed by atoms with Crippen LogP contribution in [0, 0.1) is 0 Å². The molecule has 0 aliphatic carbocycles. The largest absolute Gasteiger partial charge is 0.452 e. The highest BCUT2D eigenvalue weighted by Gasteiger charge is 2.44. The predicted octanol–water partition coefficient (Wildman–Crippen LogP) is 2.81. The van der Waals surface area contributed by atoms with Gasteiger partial charge in [0, 0.05) is 6.92 Å². The minimum Gasteiger partial charge on any atom is -0.452 e. The highest BCUT2D eigenvalue weighted by atomic mass is 16.6. The van der Waals surface area contributed by atoms with Crippen LogP contribution in [0.5, 0.6) is 0 Å². The van der Waals surface area contributed by atoms with Gasteiger partial charge in [-0.25, -0.2) is 14.4 Å². The van der Waals surface area contributed by atoms with Crippen LogP contribution < -0.4 is 0 Å². The summed E-state index contributed by atoms with van der Waals surface area (Å²) in [4.78, 5) is 63.4. The molecule has 0 radical (unpaired) electrons. The summed E-state index contributed by atoms with van der Waals surface area (Å²) in [5.41, 5.74) is 0.241. The van der Waals surface area contributed by atoms with Crippen LogP contribution in [-0.4, -0.2) is 59.5 Å². The number of carbonyl (C=O) groups excluding carboxylic acids is 5. The standard InChI is InChI=1S/C28H24O9/c1-18(30)23(31)25(37-28(34)21-15-9-4-10-16-21)24(36-27(33)20-13-7-3-8-14-20)22(17-29)35-26(32)19-11-5-2-6-12-19/h2-16,22,24-25,29H,17H2,1H3/t22-,24-,25+/m0/s1. The average Bonchev–Trinajstić information content (AvgIpc) is 2.94. The molecule has 0 aromatic heterocycles. The Hall–Kier alpha value is -4.63. The van der Waals surface area contributed by atoms with Gasteiger partial charge in [0.15, 0.2) is 18.0 Å². The van der Waals surface area contributed by atoms with E-state index in [0.717, 1.165) is 6.92 Å². The van der Waals surface area contributed by atoms with Crippen molar-refractivity contribution in [3.63, 3.8) is 0 Å². The third-order valence-electron chi connectivity index (χ3n) is 5.21. The van der Waals surface area contributed by atoms with Crippen LogP contribution in [0.3, 0.4) is 0 Å². The summed E-state index contributed by atoms with van der Waals surface area (Å²) in [6.07, 6.45) is -5.54. The summed E-state index contributed by atoms with van der Waals surface area (Å²) in [6, 6.07) is 23.0. The second-order valence-electron chi connectivity index (χ2n) is 7.84. The van der Waals surface area contributed by atoms with Crippen molar-refractivity contribution in [2.45, 2.75) is 25.2 Å². The van der Waals surface area contributed by atoms with Gasteiger partial charge in [-0.15, -0.1) is 0 Å². The Morgan fingerprint density at radius 2 is 1.00 bits per heavy atom. The zero-order valence-electron chi connectivity index (χ0n) is 19.8. The second kappa shape index (κ2) is 12.9. The number of aliphatic hydroxyl groups is 1. The molecule has 0 unspecified atom stereocenters. The lowest BCUT2D eigenvalue weighted by Gasteiger charge is -2.30. The van der Waals surface area contributed by atoms with Crippen molar-refractivity contribution >= 4 is 29.5 Å². The lowest BCUT2D eigenvalue weighted by atomic mass is 10.0. The number of rotatable bonds is 11. The first-order valence-corrected chi connectivity index (χ1v) is 11.3. The third kappa shape index (κ3) is 7.18. The normalized spacial score (nSPS) is 12.9. The highest BCUT2D eigenvalue weighted by Crippen LogP contribution is 2.20. The molecule has 0 spiro atoms. The van der Waals surface area contributed by atoms with Gasteiger partial charge in [0.25, 0.3) is 0 Å². The molecule has 0 aliphatic heterocycles. The van der Waals surface area contributed by atoms with E-state index in [0.29, 0.717) is 0 Å². The van der Waals surface area contributed by atoms with E-state index in [-0.39, 0.29) is 16.7 Å². The third-order valence-corrected chi connectivity index (χ3v) is 5.21. The second-order valence-corrected chi connectivity index (χ2v) is 7.84. The lowest BCUT2D eigenvalue weighted by Crippen LogP contribution is -2.52. The topological polar surface area (TPSA) is 133 Å². The summed E-state index contributed by atoms with van der Waals surface area (Å²) < 4.78 is 16.2. The van der Waals surface area contributed by atoms with Crippen molar-refractivity contribution < 1.29 is 43.3 Å². The Morgan fingerprint density at radius 1 is 0.622 bits per heavy atom. The van der Waals surface area contributed by atoms with Gasteiger partial charge in [-0.1, -0.05) is 54.6 Å². The number of benzene rings is 3. The van der Waals surface area contributed by atoms with E-state index in [1.165, 1.54) is 36.4 Å². The first-order chi connectivity index (χ1) is 17.8. The lowest BCUT2D eigenvalue weighted by molar-refractivity contribution is -0.150. The van der Waals surface area contributed by atoms with E-state index in [2.05, 4.69) is 0 Å². The van der Waals surface area contributed by atoms with Crippen LogP contribution >= 0.6 is 0 Å². The van der Waals surface area contributed by atoms with Crippen LogP contribution in [0.2, 0.25) is 0 Å². The average molecular weight is 504 g/mol. The summed E-state index contributed by atoms with van der Waals surface area (Å²) in [5, 5.41) is 10.1. The van der Waals surface area contributed by atoms with E-state index < -0.39 is 54.4 Å². The van der Waals surface area contributed by atoms with Gasteiger partial charge >= 0.3 is 17.9 Å². The van der Waals surface area contributed by atoms with Gasteiger partial charge in [0.1, 0.15) is 0 Å². The van der Waals surface area contributed by atoms with Gasteiger partial charge in [-0.05, 0) is 36.4 Å². The van der Waals surface area contributed by atoms with Crippen molar-refractivity contribution in [2.24, 2.45) is 0 Å². The fraction of sp³-hybridized carbons (Fsp3) is 0.179. The molecule has 190 valence electrons. The van der Waals surface area contributed by atoms with Gasteiger partial charge in [0.05, 0.1) is 23.3 Å². The summed E-state index contributed by atoms with van der Waals surface area (Å²) in [5.74, 6) is -5.07. The monoisotopic (exact) mass is 504 g/mol. The van der Waals surface area contributed by atoms with Crippen LogP contribution in [0.1, 0.15) is 38.0 Å². The Kier molecular flexibility index (Phi) is 9.40. The quantitative estimate of drug-likeness (QED) is 0.238. The fourth-order valence-corrected chi connectivity index (χ4v) is 3.31. The van der Waals surface area contributed by atoms with Gasteiger partial charge in [-0.2, -0.15) is 0 Å². The number of carbonyl (C=O) groups is 5. The number of aliphatic hydroxyl groups excluding tert-OH is 1. The number of ketones is 2. The smallest absolute Gasteiger partial charge is 0.338 e. The molecule has 3 aromatic rings. The Balaban J connectivity index is 1.99. The zero-order valence-corrected chi connectivity index (χ0v) is 19.8. The summed E-state index contributed by atoms with van der Waals surface area (Å²) in [6.45, 7) is 0.0293. The Bertz CT molecular complexity index is 1240. The molecule has 0 saturated carbocycles. The molecule has 37 heavy (non-hydrogen) atoms. The van der Waals surface area contributed by atoms with Crippen LogP contribution in [0.4, 0.5) is 0 Å². The number of hydrogen-bond acceptors (Lipinski definition) is 9. The van der Waals surface area contributed by atoms with Gasteiger partial charge < -0.3 is 19.3 Å². The number of ether oxygens (including phenoxy) is 3. The van der Waals surface area contributed by atoms with E-state index in [4.69, 9.17) is 14.2 Å². The molecule has 3 atom stereocenters. The first kappa shape index (κ1) is 27.0. The van der Waals surface area contributed by atoms with Crippen LogP contribution in [0.25, 0.3) is 0 Å². The summed E-state index contributed by atoms with van der Waals surface area (Å²) >= 11 is 0. The van der Waals surface area contributed by atoms with E-state index in [1.54, 1.807) is 54.6 Å². The predicted molar refractivity (Wildman–Crippen MR) is 130 cm³/mol. The molecule has 0 heterocycles. The van der Waals surface area contributed by atoms with Crippen LogP contribution in [0.15, 0.2) is 91.0 Å². The zero-order chi connectivity index (χ0) is 26.8. The molecule has 0 aliphatic rings. The first-order valence-electron chi connectivity index (χ1n) is 11.3. The molecule has 3 aromatic carbocycles. The molecule has 0 bridgehead atoms. The van der Waals surface area contributed by atoms with Crippen LogP contribution in [-0.2, 0) is 23.8 Å². The minimum atomic E-state index is -2.02. The minimum absolute atomic E-state index is 0.0545. The number of hydrogen-bond donors (Lipinski definition) is 1. The SMILES string of the molecule is CC(=O)C(=O)[C@@H](OC(=O)c1ccccc1)[C@@H](OC(=O)c1ccccc1)[C@H](CO)OC(=O)c1ccccc1. The summed E-state index contributed by atoms with van der Waals surface area (Å²) in [7, 11) is 0. The van der Waals surface area contributed by atoms with Crippen molar-refractivity contribution in [1.82, 2.24) is 0 Å². The molecule has 9 heteroatoms. The molecule has 1 N–H and O–H groups in total. The number of Topliss-reactive ketones (excluding diaryl/α,β-unsaturated/α-hetero) is 2. The molecule has 0 amide bonds. The van der Waals surface area contributed by atoms with Gasteiger partial charge in [0.2, 0.25) is 11.9 Å². The number of esters is 3. The van der Waals surface area contributed by atoms with E-state index in [9.17, 15) is 29.1 Å². The maximum Gasteiger partial charge on any atom is 0.338 e. The molecule has 9 nitrogen and oxygen atoms in total. The maximum atomic E-state index is 12.9. The molecule has 3 rings (SSSR count). The molecule has 0 fully saturated rings. The Morgan fingerprint density at radius 3 is 1.38 bits per heavy atom. The van der Waals surface area contributed by atoms with Crippen molar-refractivity contribution in [3.8, 4) is 0 Å². The molecule has 0 saturated heterocycles. The Labute approximate surface area is 212 Å².